The third kappa shape index (κ3) is 3.61. The predicted molar refractivity (Wildman–Crippen MR) is 84.0 cm³/mol. The molecule has 106 valence electrons. The Bertz CT molecular complexity index is 548. The van der Waals surface area contributed by atoms with Gasteiger partial charge in [-0.25, -0.2) is 0 Å². The summed E-state index contributed by atoms with van der Waals surface area (Å²) in [5.41, 5.74) is 9.81. The lowest BCUT2D eigenvalue weighted by Gasteiger charge is -2.25. The standard InChI is InChI=1S/C18H23NO/c1-4-17(19)18(15-10-8-13(2)9-11-15)20-16-7-5-6-14(3)12-16/h5-12,17-18H,4,19H2,1-3H3. The maximum atomic E-state index is 6.25. The van der Waals surface area contributed by atoms with Gasteiger partial charge in [-0.15, -0.1) is 0 Å². The highest BCUT2D eigenvalue weighted by Crippen LogP contribution is 2.26. The number of aryl methyl sites for hydroxylation is 2. The minimum atomic E-state index is -0.109. The maximum absolute atomic E-state index is 6.25. The fraction of sp³-hybridized carbons (Fsp3) is 0.333. The lowest BCUT2D eigenvalue weighted by molar-refractivity contribution is 0.171. The highest BCUT2D eigenvalue weighted by molar-refractivity contribution is 5.30. The highest BCUT2D eigenvalue weighted by Gasteiger charge is 2.20. The fourth-order valence-electron chi connectivity index (χ4n) is 2.21. The van der Waals surface area contributed by atoms with E-state index in [0.717, 1.165) is 17.7 Å². The molecule has 0 aliphatic carbocycles. The molecule has 2 rings (SSSR count). The third-order valence-electron chi connectivity index (χ3n) is 3.52. The van der Waals surface area contributed by atoms with Crippen LogP contribution in [0, 0.1) is 13.8 Å². The minimum absolute atomic E-state index is 0.0155. The fourth-order valence-corrected chi connectivity index (χ4v) is 2.21. The Morgan fingerprint density at radius 3 is 2.30 bits per heavy atom. The van der Waals surface area contributed by atoms with E-state index in [1.807, 2.05) is 18.2 Å². The van der Waals surface area contributed by atoms with Gasteiger partial charge in [0.2, 0.25) is 0 Å². The molecule has 0 saturated carbocycles. The normalized spacial score (nSPS) is 13.8. The topological polar surface area (TPSA) is 35.2 Å². The van der Waals surface area contributed by atoms with Gasteiger partial charge in [-0.1, -0.05) is 48.9 Å². The van der Waals surface area contributed by atoms with Gasteiger partial charge in [0.15, 0.2) is 0 Å². The smallest absolute Gasteiger partial charge is 0.139 e. The number of hydrogen-bond donors (Lipinski definition) is 1. The second-order valence-corrected chi connectivity index (χ2v) is 5.34. The second-order valence-electron chi connectivity index (χ2n) is 5.34. The van der Waals surface area contributed by atoms with Gasteiger partial charge in [0.1, 0.15) is 11.9 Å². The molecule has 2 atom stereocenters. The van der Waals surface area contributed by atoms with Crippen molar-refractivity contribution in [2.75, 3.05) is 0 Å². The molecule has 0 spiro atoms. The van der Waals surface area contributed by atoms with Crippen LogP contribution in [0.2, 0.25) is 0 Å². The van der Waals surface area contributed by atoms with Gasteiger partial charge in [0.25, 0.3) is 0 Å². The molecule has 0 aliphatic heterocycles. The molecule has 0 aliphatic rings. The zero-order valence-electron chi connectivity index (χ0n) is 12.5. The van der Waals surface area contributed by atoms with Crippen molar-refractivity contribution in [2.24, 2.45) is 5.73 Å². The van der Waals surface area contributed by atoms with Crippen molar-refractivity contribution in [1.82, 2.24) is 0 Å². The Kier molecular flexibility index (Phi) is 4.80. The summed E-state index contributed by atoms with van der Waals surface area (Å²) in [5.74, 6) is 0.875. The average Bonchev–Trinajstić information content (AvgIpc) is 2.45. The van der Waals surface area contributed by atoms with Crippen molar-refractivity contribution in [1.29, 1.82) is 0 Å². The van der Waals surface area contributed by atoms with Crippen LogP contribution in [0.5, 0.6) is 5.75 Å². The number of nitrogens with two attached hydrogens (primary N) is 1. The molecule has 20 heavy (non-hydrogen) atoms. The average molecular weight is 269 g/mol. The van der Waals surface area contributed by atoms with Crippen molar-refractivity contribution < 1.29 is 4.74 Å². The van der Waals surface area contributed by atoms with E-state index in [9.17, 15) is 0 Å². The van der Waals surface area contributed by atoms with Crippen LogP contribution in [0.3, 0.4) is 0 Å². The lowest BCUT2D eigenvalue weighted by atomic mass is 9.99. The van der Waals surface area contributed by atoms with Crippen LogP contribution < -0.4 is 10.5 Å². The molecule has 0 aromatic heterocycles. The quantitative estimate of drug-likeness (QED) is 0.884. The molecule has 2 aromatic rings. The van der Waals surface area contributed by atoms with Crippen LogP contribution in [0.25, 0.3) is 0 Å². The van der Waals surface area contributed by atoms with E-state index in [-0.39, 0.29) is 12.1 Å². The molecule has 0 fully saturated rings. The summed E-state index contributed by atoms with van der Waals surface area (Å²) in [6, 6.07) is 16.5. The predicted octanol–water partition coefficient (Wildman–Crippen LogP) is 4.16. The van der Waals surface area contributed by atoms with E-state index in [1.165, 1.54) is 11.1 Å². The maximum Gasteiger partial charge on any atom is 0.139 e. The monoisotopic (exact) mass is 269 g/mol. The van der Waals surface area contributed by atoms with Gasteiger partial charge >= 0.3 is 0 Å². The SMILES string of the molecule is CCC(N)C(Oc1cccc(C)c1)c1ccc(C)cc1. The third-order valence-corrected chi connectivity index (χ3v) is 3.52. The summed E-state index contributed by atoms with van der Waals surface area (Å²) in [5, 5.41) is 0. The summed E-state index contributed by atoms with van der Waals surface area (Å²) < 4.78 is 6.15. The number of ether oxygens (including phenoxy) is 1. The van der Waals surface area contributed by atoms with E-state index in [4.69, 9.17) is 10.5 Å². The van der Waals surface area contributed by atoms with Gasteiger partial charge in [-0.05, 0) is 43.5 Å². The van der Waals surface area contributed by atoms with E-state index in [1.54, 1.807) is 0 Å². The van der Waals surface area contributed by atoms with Gasteiger partial charge in [-0.2, -0.15) is 0 Å². The number of rotatable bonds is 5. The summed E-state index contributed by atoms with van der Waals surface area (Å²) in [6.07, 6.45) is 0.770. The molecule has 0 bridgehead atoms. The molecule has 2 N–H and O–H groups in total. The van der Waals surface area contributed by atoms with Crippen molar-refractivity contribution >= 4 is 0 Å². The van der Waals surface area contributed by atoms with Crippen LogP contribution in [0.15, 0.2) is 48.5 Å². The Morgan fingerprint density at radius 1 is 1.00 bits per heavy atom. The molecule has 0 saturated heterocycles. The highest BCUT2D eigenvalue weighted by atomic mass is 16.5. The molecule has 2 unspecified atom stereocenters. The minimum Gasteiger partial charge on any atom is -0.484 e. The molecule has 0 radical (unpaired) electrons. The van der Waals surface area contributed by atoms with Crippen LogP contribution in [-0.2, 0) is 0 Å². The Balaban J connectivity index is 2.26. The van der Waals surface area contributed by atoms with Crippen molar-refractivity contribution in [2.45, 2.75) is 39.3 Å². The first kappa shape index (κ1) is 14.6. The Hall–Kier alpha value is -1.80. The van der Waals surface area contributed by atoms with Crippen LogP contribution in [0.4, 0.5) is 0 Å². The lowest BCUT2D eigenvalue weighted by Crippen LogP contribution is -2.31. The summed E-state index contributed by atoms with van der Waals surface area (Å²) in [6.45, 7) is 6.24. The van der Waals surface area contributed by atoms with Crippen LogP contribution in [0.1, 0.15) is 36.1 Å². The molecule has 0 amide bonds. The first-order valence-electron chi connectivity index (χ1n) is 7.15. The summed E-state index contributed by atoms with van der Waals surface area (Å²) >= 11 is 0. The molecule has 2 heteroatoms. The van der Waals surface area contributed by atoms with Gasteiger partial charge in [0, 0.05) is 6.04 Å². The zero-order chi connectivity index (χ0) is 14.5. The van der Waals surface area contributed by atoms with Gasteiger partial charge in [0.05, 0.1) is 0 Å². The van der Waals surface area contributed by atoms with E-state index < -0.39 is 0 Å². The second kappa shape index (κ2) is 6.58. The Morgan fingerprint density at radius 2 is 1.70 bits per heavy atom. The zero-order valence-corrected chi connectivity index (χ0v) is 12.5. The van der Waals surface area contributed by atoms with Crippen molar-refractivity contribution in [3.63, 3.8) is 0 Å². The molecule has 2 aromatic carbocycles. The van der Waals surface area contributed by atoms with Gasteiger partial charge in [-0.3, -0.25) is 0 Å². The van der Waals surface area contributed by atoms with Crippen molar-refractivity contribution in [3.05, 3.63) is 65.2 Å². The summed E-state index contributed by atoms with van der Waals surface area (Å²) in [7, 11) is 0. The van der Waals surface area contributed by atoms with E-state index in [0.29, 0.717) is 0 Å². The van der Waals surface area contributed by atoms with Gasteiger partial charge < -0.3 is 10.5 Å². The first-order valence-corrected chi connectivity index (χ1v) is 7.15. The molecular weight excluding hydrogens is 246 g/mol. The molecular formula is C18H23NO. The largest absolute Gasteiger partial charge is 0.484 e. The van der Waals surface area contributed by atoms with Crippen LogP contribution >= 0.6 is 0 Å². The number of hydrogen-bond acceptors (Lipinski definition) is 2. The van der Waals surface area contributed by atoms with E-state index >= 15 is 0 Å². The van der Waals surface area contributed by atoms with Crippen molar-refractivity contribution in [3.8, 4) is 5.75 Å². The first-order chi connectivity index (χ1) is 9.60. The van der Waals surface area contributed by atoms with Crippen LogP contribution in [-0.4, -0.2) is 6.04 Å². The summed E-state index contributed by atoms with van der Waals surface area (Å²) in [4.78, 5) is 0. The molecule has 0 heterocycles. The molecule has 2 nitrogen and oxygen atoms in total. The Labute approximate surface area is 121 Å². The number of benzene rings is 2. The van der Waals surface area contributed by atoms with E-state index in [2.05, 4.69) is 51.1 Å².